The first-order chi connectivity index (χ1) is 12.6. The zero-order valence-corrected chi connectivity index (χ0v) is 15.2. The maximum atomic E-state index is 13.0. The molecule has 3 aromatic carbocycles. The molecule has 0 bridgehead atoms. The molecule has 2 N–H and O–H groups in total. The Labute approximate surface area is 155 Å². The second-order valence-electron chi connectivity index (χ2n) is 6.58. The van der Waals surface area contributed by atoms with Gasteiger partial charge in [-0.2, -0.15) is 0 Å². The van der Waals surface area contributed by atoms with E-state index in [0.29, 0.717) is 6.54 Å². The van der Waals surface area contributed by atoms with Gasteiger partial charge >= 0.3 is 0 Å². The van der Waals surface area contributed by atoms with Gasteiger partial charge in [-0.25, -0.2) is 0 Å². The molecule has 0 saturated heterocycles. The average molecular weight is 344 g/mol. The summed E-state index contributed by atoms with van der Waals surface area (Å²) >= 11 is 0. The topological polar surface area (TPSA) is 41.1 Å². The van der Waals surface area contributed by atoms with Crippen molar-refractivity contribution in [1.82, 2.24) is 5.32 Å². The number of carbonyl (C=O) groups is 1. The molecule has 3 nitrogen and oxygen atoms in total. The number of nitrogens with one attached hydrogen (secondary N) is 2. The van der Waals surface area contributed by atoms with Crippen molar-refractivity contribution in [3.63, 3.8) is 0 Å². The van der Waals surface area contributed by atoms with Crippen molar-refractivity contribution in [2.75, 3.05) is 5.32 Å². The molecule has 132 valence electrons. The van der Waals surface area contributed by atoms with Crippen molar-refractivity contribution in [3.05, 3.63) is 101 Å². The molecule has 0 aliphatic heterocycles. The van der Waals surface area contributed by atoms with E-state index in [9.17, 15) is 4.79 Å². The summed E-state index contributed by atoms with van der Waals surface area (Å²) in [4.78, 5) is 13.0. The van der Waals surface area contributed by atoms with Gasteiger partial charge in [-0.15, -0.1) is 0 Å². The fraction of sp³-hybridized carbons (Fsp3) is 0.174. The van der Waals surface area contributed by atoms with Crippen LogP contribution in [0.2, 0.25) is 0 Å². The van der Waals surface area contributed by atoms with Crippen molar-refractivity contribution in [1.29, 1.82) is 0 Å². The van der Waals surface area contributed by atoms with Crippen molar-refractivity contribution in [3.8, 4) is 0 Å². The summed E-state index contributed by atoms with van der Waals surface area (Å²) in [5.41, 5.74) is 5.19. The molecule has 0 aliphatic carbocycles. The minimum absolute atomic E-state index is 0.0582. The highest BCUT2D eigenvalue weighted by molar-refractivity contribution is 5.95. The normalized spacial score (nSPS) is 11.8. The summed E-state index contributed by atoms with van der Waals surface area (Å²) in [6.07, 6.45) is 0. The van der Waals surface area contributed by atoms with E-state index >= 15 is 0 Å². The van der Waals surface area contributed by atoms with E-state index in [-0.39, 0.29) is 5.91 Å². The highest BCUT2D eigenvalue weighted by Gasteiger charge is 2.20. The van der Waals surface area contributed by atoms with Gasteiger partial charge in [0.05, 0.1) is 0 Å². The SMILES string of the molecule is Cc1cc(C)cc(NC(=O)C(NCc2ccccc2)c2ccccc2)c1. The Morgan fingerprint density at radius 3 is 2.04 bits per heavy atom. The van der Waals surface area contributed by atoms with Gasteiger partial charge < -0.3 is 5.32 Å². The van der Waals surface area contributed by atoms with E-state index in [1.807, 2.05) is 74.5 Å². The summed E-state index contributed by atoms with van der Waals surface area (Å²) < 4.78 is 0. The molecule has 0 saturated carbocycles. The Morgan fingerprint density at radius 1 is 0.846 bits per heavy atom. The molecule has 0 heterocycles. The van der Waals surface area contributed by atoms with Gasteiger partial charge in [0, 0.05) is 12.2 Å². The predicted molar refractivity (Wildman–Crippen MR) is 107 cm³/mol. The smallest absolute Gasteiger partial charge is 0.246 e. The monoisotopic (exact) mass is 344 g/mol. The molecular weight excluding hydrogens is 320 g/mol. The number of rotatable bonds is 6. The van der Waals surface area contributed by atoms with Crippen LogP contribution in [0.15, 0.2) is 78.9 Å². The maximum Gasteiger partial charge on any atom is 0.246 e. The van der Waals surface area contributed by atoms with Gasteiger partial charge in [-0.05, 0) is 48.2 Å². The van der Waals surface area contributed by atoms with E-state index < -0.39 is 6.04 Å². The molecule has 1 amide bonds. The third-order valence-corrected chi connectivity index (χ3v) is 4.24. The highest BCUT2D eigenvalue weighted by atomic mass is 16.2. The van der Waals surface area contributed by atoms with E-state index in [1.54, 1.807) is 0 Å². The molecule has 0 aromatic heterocycles. The standard InChI is InChI=1S/C23H24N2O/c1-17-13-18(2)15-21(14-17)25-23(26)22(20-11-7-4-8-12-20)24-16-19-9-5-3-6-10-19/h3-15,22,24H,16H2,1-2H3,(H,25,26). The third kappa shape index (κ3) is 4.80. The molecule has 3 heteroatoms. The van der Waals surface area contributed by atoms with Crippen molar-refractivity contribution < 1.29 is 4.79 Å². The first kappa shape index (κ1) is 17.9. The largest absolute Gasteiger partial charge is 0.324 e. The van der Waals surface area contributed by atoms with Crippen LogP contribution in [0.5, 0.6) is 0 Å². The Morgan fingerprint density at radius 2 is 1.42 bits per heavy atom. The van der Waals surface area contributed by atoms with Crippen LogP contribution in [-0.2, 0) is 11.3 Å². The van der Waals surface area contributed by atoms with E-state index in [1.165, 1.54) is 0 Å². The molecule has 0 radical (unpaired) electrons. The lowest BCUT2D eigenvalue weighted by Gasteiger charge is -2.19. The van der Waals surface area contributed by atoms with Gasteiger partial charge in [0.25, 0.3) is 0 Å². The van der Waals surface area contributed by atoms with Crippen molar-refractivity contribution >= 4 is 11.6 Å². The predicted octanol–water partition coefficient (Wildman–Crippen LogP) is 4.77. The molecule has 3 rings (SSSR count). The minimum Gasteiger partial charge on any atom is -0.324 e. The second-order valence-corrected chi connectivity index (χ2v) is 6.58. The summed E-state index contributed by atoms with van der Waals surface area (Å²) in [6, 6.07) is 25.6. The Hall–Kier alpha value is -2.91. The van der Waals surface area contributed by atoms with Crippen LogP contribution in [0, 0.1) is 13.8 Å². The lowest BCUT2D eigenvalue weighted by molar-refractivity contribution is -0.118. The van der Waals surface area contributed by atoms with Gasteiger partial charge in [0.2, 0.25) is 5.91 Å². The fourth-order valence-electron chi connectivity index (χ4n) is 3.08. The van der Waals surface area contributed by atoms with Gasteiger partial charge in [-0.1, -0.05) is 66.7 Å². The Balaban J connectivity index is 1.79. The van der Waals surface area contributed by atoms with Gasteiger partial charge in [0.1, 0.15) is 6.04 Å². The zero-order chi connectivity index (χ0) is 18.4. The van der Waals surface area contributed by atoms with Crippen LogP contribution in [0.4, 0.5) is 5.69 Å². The maximum absolute atomic E-state index is 13.0. The molecular formula is C23H24N2O. The third-order valence-electron chi connectivity index (χ3n) is 4.24. The fourth-order valence-corrected chi connectivity index (χ4v) is 3.08. The Bertz CT molecular complexity index is 840. The molecule has 26 heavy (non-hydrogen) atoms. The van der Waals surface area contributed by atoms with Crippen molar-refractivity contribution in [2.24, 2.45) is 0 Å². The number of hydrogen-bond acceptors (Lipinski definition) is 2. The summed E-state index contributed by atoms with van der Waals surface area (Å²) in [5, 5.41) is 6.45. The lowest BCUT2D eigenvalue weighted by Crippen LogP contribution is -2.32. The van der Waals surface area contributed by atoms with Crippen LogP contribution >= 0.6 is 0 Å². The molecule has 1 unspecified atom stereocenters. The summed E-state index contributed by atoms with van der Waals surface area (Å²) in [5.74, 6) is -0.0582. The molecule has 0 fully saturated rings. The molecule has 0 aliphatic rings. The van der Waals surface area contributed by atoms with Crippen LogP contribution in [0.3, 0.4) is 0 Å². The molecule has 3 aromatic rings. The van der Waals surface area contributed by atoms with Crippen LogP contribution in [-0.4, -0.2) is 5.91 Å². The van der Waals surface area contributed by atoms with Crippen molar-refractivity contribution in [2.45, 2.75) is 26.4 Å². The van der Waals surface area contributed by atoms with Crippen LogP contribution in [0.25, 0.3) is 0 Å². The molecule has 1 atom stereocenters. The number of anilines is 1. The first-order valence-corrected chi connectivity index (χ1v) is 8.83. The van der Waals surface area contributed by atoms with Crippen LogP contribution in [0.1, 0.15) is 28.3 Å². The van der Waals surface area contributed by atoms with Gasteiger partial charge in [-0.3, -0.25) is 10.1 Å². The number of carbonyl (C=O) groups excluding carboxylic acids is 1. The summed E-state index contributed by atoms with van der Waals surface area (Å²) in [6.45, 7) is 4.69. The molecule has 0 spiro atoms. The van der Waals surface area contributed by atoms with E-state index in [0.717, 1.165) is 27.9 Å². The average Bonchev–Trinajstić information content (AvgIpc) is 2.63. The van der Waals surface area contributed by atoms with E-state index in [4.69, 9.17) is 0 Å². The number of amides is 1. The quantitative estimate of drug-likeness (QED) is 0.676. The summed E-state index contributed by atoms with van der Waals surface area (Å²) in [7, 11) is 0. The second kappa shape index (κ2) is 8.45. The number of hydrogen-bond donors (Lipinski definition) is 2. The lowest BCUT2D eigenvalue weighted by atomic mass is 10.0. The van der Waals surface area contributed by atoms with E-state index in [2.05, 4.69) is 28.8 Å². The number of benzene rings is 3. The number of aryl methyl sites for hydroxylation is 2. The Kier molecular flexibility index (Phi) is 5.82. The minimum atomic E-state index is -0.419. The highest BCUT2D eigenvalue weighted by Crippen LogP contribution is 2.19. The zero-order valence-electron chi connectivity index (χ0n) is 15.2. The first-order valence-electron chi connectivity index (χ1n) is 8.83. The van der Waals surface area contributed by atoms with Gasteiger partial charge in [0.15, 0.2) is 0 Å². The van der Waals surface area contributed by atoms with Crippen LogP contribution < -0.4 is 10.6 Å².